The molecule has 0 radical (unpaired) electrons. The Hall–Kier alpha value is -0.0400. The second-order valence-electron chi connectivity index (χ2n) is 5.04. The molecule has 1 heteroatoms. The van der Waals surface area contributed by atoms with Gasteiger partial charge in [0.1, 0.15) is 0 Å². The third kappa shape index (κ3) is 6.09. The fourth-order valence-corrected chi connectivity index (χ4v) is 1.80. The van der Waals surface area contributed by atoms with Crippen LogP contribution in [0.3, 0.4) is 0 Å². The first-order chi connectivity index (χ1) is 5.97. The third-order valence-electron chi connectivity index (χ3n) is 2.85. The van der Waals surface area contributed by atoms with Gasteiger partial charge in [-0.25, -0.2) is 0 Å². The summed E-state index contributed by atoms with van der Waals surface area (Å²) in [7, 11) is 0. The zero-order chi connectivity index (χ0) is 10.4. The van der Waals surface area contributed by atoms with E-state index in [4.69, 9.17) is 5.73 Å². The van der Waals surface area contributed by atoms with Crippen molar-refractivity contribution in [3.05, 3.63) is 0 Å². The molecular formula is C12H27N. The van der Waals surface area contributed by atoms with Crippen molar-refractivity contribution in [1.82, 2.24) is 0 Å². The van der Waals surface area contributed by atoms with Crippen molar-refractivity contribution in [1.29, 1.82) is 0 Å². The Morgan fingerprint density at radius 1 is 1.00 bits per heavy atom. The van der Waals surface area contributed by atoms with Crippen molar-refractivity contribution >= 4 is 0 Å². The Balaban J connectivity index is 3.94. The van der Waals surface area contributed by atoms with Gasteiger partial charge in [-0.1, -0.05) is 34.6 Å². The minimum Gasteiger partial charge on any atom is -0.328 e. The summed E-state index contributed by atoms with van der Waals surface area (Å²) < 4.78 is 0. The van der Waals surface area contributed by atoms with E-state index in [2.05, 4.69) is 34.6 Å². The molecular weight excluding hydrogens is 158 g/mol. The van der Waals surface area contributed by atoms with Crippen molar-refractivity contribution in [3.8, 4) is 0 Å². The molecule has 13 heavy (non-hydrogen) atoms. The van der Waals surface area contributed by atoms with Crippen molar-refractivity contribution in [2.75, 3.05) is 0 Å². The lowest BCUT2D eigenvalue weighted by Gasteiger charge is -2.25. The third-order valence-corrected chi connectivity index (χ3v) is 2.85. The van der Waals surface area contributed by atoms with Gasteiger partial charge in [0.25, 0.3) is 0 Å². The van der Waals surface area contributed by atoms with Crippen LogP contribution in [0.5, 0.6) is 0 Å². The van der Waals surface area contributed by atoms with E-state index in [1.54, 1.807) is 0 Å². The Morgan fingerprint density at radius 3 is 1.85 bits per heavy atom. The standard InChI is InChI=1S/C12H27N/c1-6-12(13)8-11(10(4)5)7-9(2)3/h9-12H,6-8,13H2,1-5H3. The van der Waals surface area contributed by atoms with Crippen molar-refractivity contribution in [2.45, 2.75) is 59.9 Å². The molecule has 80 valence electrons. The van der Waals surface area contributed by atoms with Crippen LogP contribution in [0.25, 0.3) is 0 Å². The summed E-state index contributed by atoms with van der Waals surface area (Å²) in [6.07, 6.45) is 3.64. The summed E-state index contributed by atoms with van der Waals surface area (Å²) in [5, 5.41) is 0. The molecule has 0 amide bonds. The van der Waals surface area contributed by atoms with Crippen LogP contribution in [0.2, 0.25) is 0 Å². The molecule has 2 atom stereocenters. The normalized spacial score (nSPS) is 16.6. The van der Waals surface area contributed by atoms with Gasteiger partial charge in [0, 0.05) is 6.04 Å². The van der Waals surface area contributed by atoms with Crippen LogP contribution in [0.4, 0.5) is 0 Å². The highest BCUT2D eigenvalue weighted by molar-refractivity contribution is 4.71. The minimum absolute atomic E-state index is 0.408. The van der Waals surface area contributed by atoms with Gasteiger partial charge in [0.05, 0.1) is 0 Å². The van der Waals surface area contributed by atoms with Gasteiger partial charge in [-0.2, -0.15) is 0 Å². The lowest BCUT2D eigenvalue weighted by Crippen LogP contribution is -2.25. The second kappa shape index (κ2) is 6.42. The highest BCUT2D eigenvalue weighted by Crippen LogP contribution is 2.24. The summed E-state index contributed by atoms with van der Waals surface area (Å²) in [5.41, 5.74) is 5.99. The van der Waals surface area contributed by atoms with Gasteiger partial charge in [-0.05, 0) is 37.0 Å². The van der Waals surface area contributed by atoms with E-state index in [-0.39, 0.29) is 0 Å². The molecule has 0 heterocycles. The molecule has 2 N–H and O–H groups in total. The van der Waals surface area contributed by atoms with E-state index in [9.17, 15) is 0 Å². The Morgan fingerprint density at radius 2 is 1.54 bits per heavy atom. The first kappa shape index (κ1) is 13.0. The number of hydrogen-bond donors (Lipinski definition) is 1. The van der Waals surface area contributed by atoms with Crippen LogP contribution in [0, 0.1) is 17.8 Å². The highest BCUT2D eigenvalue weighted by Gasteiger charge is 2.17. The van der Waals surface area contributed by atoms with Crippen LogP contribution < -0.4 is 5.73 Å². The van der Waals surface area contributed by atoms with E-state index in [0.29, 0.717) is 6.04 Å². The average molecular weight is 185 g/mol. The van der Waals surface area contributed by atoms with Gasteiger partial charge in [0.15, 0.2) is 0 Å². The molecule has 0 saturated heterocycles. The van der Waals surface area contributed by atoms with Crippen LogP contribution in [0.15, 0.2) is 0 Å². The second-order valence-corrected chi connectivity index (χ2v) is 5.04. The van der Waals surface area contributed by atoms with Crippen molar-refractivity contribution in [2.24, 2.45) is 23.5 Å². The zero-order valence-corrected chi connectivity index (χ0v) is 10.0. The smallest absolute Gasteiger partial charge is 0.00389 e. The van der Waals surface area contributed by atoms with E-state index in [1.165, 1.54) is 12.8 Å². The Kier molecular flexibility index (Phi) is 6.40. The monoisotopic (exact) mass is 185 g/mol. The fraction of sp³-hybridized carbons (Fsp3) is 1.00. The van der Waals surface area contributed by atoms with Gasteiger partial charge >= 0.3 is 0 Å². The largest absolute Gasteiger partial charge is 0.328 e. The number of rotatable bonds is 6. The van der Waals surface area contributed by atoms with E-state index in [0.717, 1.165) is 24.2 Å². The molecule has 0 rings (SSSR count). The molecule has 0 aliphatic rings. The minimum atomic E-state index is 0.408. The summed E-state index contributed by atoms with van der Waals surface area (Å²) in [6, 6.07) is 0.408. The molecule has 0 aromatic heterocycles. The van der Waals surface area contributed by atoms with Gasteiger partial charge in [-0.3, -0.25) is 0 Å². The molecule has 0 aliphatic carbocycles. The van der Waals surface area contributed by atoms with Crippen molar-refractivity contribution < 1.29 is 0 Å². The topological polar surface area (TPSA) is 26.0 Å². The van der Waals surface area contributed by atoms with Crippen LogP contribution in [0.1, 0.15) is 53.9 Å². The Bertz CT molecular complexity index is 118. The van der Waals surface area contributed by atoms with Crippen LogP contribution in [-0.2, 0) is 0 Å². The highest BCUT2D eigenvalue weighted by atomic mass is 14.6. The summed E-state index contributed by atoms with van der Waals surface area (Å²) in [4.78, 5) is 0. The maximum atomic E-state index is 5.99. The maximum Gasteiger partial charge on any atom is 0.00389 e. The van der Waals surface area contributed by atoms with E-state index in [1.807, 2.05) is 0 Å². The molecule has 2 unspecified atom stereocenters. The number of nitrogens with two attached hydrogens (primary N) is 1. The summed E-state index contributed by atoms with van der Waals surface area (Å²) >= 11 is 0. The predicted molar refractivity (Wildman–Crippen MR) is 60.7 cm³/mol. The zero-order valence-electron chi connectivity index (χ0n) is 10.0. The molecule has 0 spiro atoms. The molecule has 0 saturated carbocycles. The van der Waals surface area contributed by atoms with E-state index >= 15 is 0 Å². The molecule has 0 aromatic rings. The molecule has 1 nitrogen and oxygen atoms in total. The lowest BCUT2D eigenvalue weighted by molar-refractivity contribution is 0.278. The van der Waals surface area contributed by atoms with Gasteiger partial charge < -0.3 is 5.73 Å². The first-order valence-electron chi connectivity index (χ1n) is 5.72. The quantitative estimate of drug-likeness (QED) is 0.674. The number of hydrogen-bond acceptors (Lipinski definition) is 1. The maximum absolute atomic E-state index is 5.99. The van der Waals surface area contributed by atoms with Crippen LogP contribution in [-0.4, -0.2) is 6.04 Å². The first-order valence-corrected chi connectivity index (χ1v) is 5.72. The Labute approximate surface area is 84.1 Å². The SMILES string of the molecule is CCC(N)CC(CC(C)C)C(C)C. The average Bonchev–Trinajstić information content (AvgIpc) is 2.02. The molecule has 0 bridgehead atoms. The van der Waals surface area contributed by atoms with E-state index < -0.39 is 0 Å². The van der Waals surface area contributed by atoms with Gasteiger partial charge in [-0.15, -0.1) is 0 Å². The summed E-state index contributed by atoms with van der Waals surface area (Å²) in [6.45, 7) is 11.4. The van der Waals surface area contributed by atoms with Crippen LogP contribution >= 0.6 is 0 Å². The molecule has 0 fully saturated rings. The predicted octanol–water partition coefficient (Wildman–Crippen LogP) is 3.43. The fourth-order valence-electron chi connectivity index (χ4n) is 1.80. The summed E-state index contributed by atoms with van der Waals surface area (Å²) in [5.74, 6) is 2.39. The lowest BCUT2D eigenvalue weighted by atomic mass is 9.83. The van der Waals surface area contributed by atoms with Gasteiger partial charge in [0.2, 0.25) is 0 Å². The van der Waals surface area contributed by atoms with Crippen molar-refractivity contribution in [3.63, 3.8) is 0 Å². The molecule has 0 aromatic carbocycles. The molecule has 0 aliphatic heterocycles.